The highest BCUT2D eigenvalue weighted by atomic mass is 16.6. The van der Waals surface area contributed by atoms with Crippen molar-refractivity contribution in [2.45, 2.75) is 44.1 Å². The second-order valence-electron chi connectivity index (χ2n) is 7.57. The molecule has 134 valence electrons. The lowest BCUT2D eigenvalue weighted by atomic mass is 9.54. The van der Waals surface area contributed by atoms with E-state index in [4.69, 9.17) is 24.7 Å². The molecule has 5 nitrogen and oxygen atoms in total. The van der Waals surface area contributed by atoms with E-state index in [0.717, 1.165) is 24.4 Å². The normalized spacial score (nSPS) is 35.1. The molecule has 0 saturated heterocycles. The fourth-order valence-electron chi connectivity index (χ4n) is 5.15. The van der Waals surface area contributed by atoms with Gasteiger partial charge in [0.15, 0.2) is 0 Å². The molecule has 4 aliphatic rings. The van der Waals surface area contributed by atoms with E-state index in [1.807, 2.05) is 0 Å². The Labute approximate surface area is 140 Å². The van der Waals surface area contributed by atoms with Gasteiger partial charge < -0.3 is 24.7 Å². The van der Waals surface area contributed by atoms with E-state index in [2.05, 4.69) is 0 Å². The van der Waals surface area contributed by atoms with Crippen LogP contribution in [0.3, 0.4) is 0 Å². The van der Waals surface area contributed by atoms with E-state index >= 15 is 0 Å². The van der Waals surface area contributed by atoms with Crippen LogP contribution in [0.25, 0.3) is 0 Å². The van der Waals surface area contributed by atoms with Crippen LogP contribution in [0.4, 0.5) is 0 Å². The maximum atomic E-state index is 6.32. The Morgan fingerprint density at radius 2 is 1.09 bits per heavy atom. The molecule has 0 heterocycles. The van der Waals surface area contributed by atoms with Gasteiger partial charge in [0, 0.05) is 6.54 Å². The molecule has 4 fully saturated rings. The molecule has 0 aromatic heterocycles. The third kappa shape index (κ3) is 5.13. The Hall–Kier alpha value is -0.200. The van der Waals surface area contributed by atoms with Crippen LogP contribution in [-0.2, 0) is 18.9 Å². The van der Waals surface area contributed by atoms with Crippen molar-refractivity contribution in [3.63, 3.8) is 0 Å². The number of nitrogens with two attached hydrogens (primary N) is 1. The van der Waals surface area contributed by atoms with E-state index in [0.29, 0.717) is 46.2 Å². The quantitative estimate of drug-likeness (QED) is 0.555. The molecule has 23 heavy (non-hydrogen) atoms. The highest BCUT2D eigenvalue weighted by Crippen LogP contribution is 2.57. The fraction of sp³-hybridized carbons (Fsp3) is 1.00. The molecule has 0 amide bonds. The van der Waals surface area contributed by atoms with Crippen molar-refractivity contribution in [3.05, 3.63) is 0 Å². The summed E-state index contributed by atoms with van der Waals surface area (Å²) in [6.45, 7) is 5.01. The topological polar surface area (TPSA) is 62.9 Å². The van der Waals surface area contributed by atoms with Crippen LogP contribution >= 0.6 is 0 Å². The van der Waals surface area contributed by atoms with Gasteiger partial charge in [0.25, 0.3) is 0 Å². The van der Waals surface area contributed by atoms with Crippen molar-refractivity contribution < 1.29 is 18.9 Å². The molecule has 0 spiro atoms. The molecule has 0 aromatic rings. The number of hydrogen-bond acceptors (Lipinski definition) is 5. The minimum Gasteiger partial charge on any atom is -0.378 e. The molecule has 0 aromatic carbocycles. The zero-order valence-electron chi connectivity index (χ0n) is 14.3. The van der Waals surface area contributed by atoms with Crippen LogP contribution in [0, 0.1) is 17.8 Å². The van der Waals surface area contributed by atoms with E-state index in [9.17, 15) is 0 Å². The van der Waals surface area contributed by atoms with Gasteiger partial charge >= 0.3 is 0 Å². The molecule has 4 bridgehead atoms. The standard InChI is InChI=1S/C18H33NO4/c19-1-2-20-3-4-21-5-6-22-7-8-23-18-12-15-9-16(13-18)11-17(10-15)14-18/h15-17H,1-14,19H2. The first kappa shape index (κ1) is 17.6. The second-order valence-corrected chi connectivity index (χ2v) is 7.57. The van der Waals surface area contributed by atoms with Crippen LogP contribution < -0.4 is 5.73 Å². The third-order valence-corrected chi connectivity index (χ3v) is 5.62. The van der Waals surface area contributed by atoms with Crippen molar-refractivity contribution in [1.29, 1.82) is 0 Å². The van der Waals surface area contributed by atoms with Crippen molar-refractivity contribution in [3.8, 4) is 0 Å². The molecule has 2 N–H and O–H groups in total. The zero-order valence-corrected chi connectivity index (χ0v) is 14.3. The molecule has 0 unspecified atom stereocenters. The van der Waals surface area contributed by atoms with E-state index in [1.165, 1.54) is 38.5 Å². The van der Waals surface area contributed by atoms with E-state index in [-0.39, 0.29) is 5.60 Å². The van der Waals surface area contributed by atoms with Gasteiger partial charge in [-0.1, -0.05) is 0 Å². The molecule has 0 atom stereocenters. The first-order chi connectivity index (χ1) is 11.3. The van der Waals surface area contributed by atoms with Crippen LogP contribution in [-0.4, -0.2) is 58.4 Å². The van der Waals surface area contributed by atoms with Gasteiger partial charge in [0.1, 0.15) is 0 Å². The summed E-state index contributed by atoms with van der Waals surface area (Å²) in [6.07, 6.45) is 8.28. The summed E-state index contributed by atoms with van der Waals surface area (Å²) >= 11 is 0. The third-order valence-electron chi connectivity index (χ3n) is 5.62. The highest BCUT2D eigenvalue weighted by molar-refractivity contribution is 5.03. The number of hydrogen-bond donors (Lipinski definition) is 1. The maximum Gasteiger partial charge on any atom is 0.0708 e. The van der Waals surface area contributed by atoms with Gasteiger partial charge in [0.05, 0.1) is 51.8 Å². The number of rotatable bonds is 12. The predicted molar refractivity (Wildman–Crippen MR) is 88.4 cm³/mol. The van der Waals surface area contributed by atoms with E-state index in [1.54, 1.807) is 0 Å². The summed E-state index contributed by atoms with van der Waals surface area (Å²) in [4.78, 5) is 0. The first-order valence-corrected chi connectivity index (χ1v) is 9.37. The van der Waals surface area contributed by atoms with Crippen molar-refractivity contribution >= 4 is 0 Å². The Bertz CT molecular complexity index is 315. The van der Waals surface area contributed by atoms with Crippen molar-refractivity contribution in [1.82, 2.24) is 0 Å². The minimum absolute atomic E-state index is 0.203. The second kappa shape index (κ2) is 8.77. The summed E-state index contributed by atoms with van der Waals surface area (Å²) in [5.74, 6) is 2.83. The maximum absolute atomic E-state index is 6.32. The molecular weight excluding hydrogens is 294 g/mol. The van der Waals surface area contributed by atoms with Gasteiger partial charge in [-0.15, -0.1) is 0 Å². The molecule has 5 heteroatoms. The molecule has 4 saturated carbocycles. The molecular formula is C18H33NO4. The van der Waals surface area contributed by atoms with Crippen molar-refractivity contribution in [2.75, 3.05) is 52.8 Å². The lowest BCUT2D eigenvalue weighted by molar-refractivity contribution is -0.169. The van der Waals surface area contributed by atoms with Gasteiger partial charge in [0.2, 0.25) is 0 Å². The van der Waals surface area contributed by atoms with Crippen molar-refractivity contribution in [2.24, 2.45) is 23.5 Å². The molecule has 4 rings (SSSR count). The molecule has 4 aliphatic carbocycles. The smallest absolute Gasteiger partial charge is 0.0708 e. The summed E-state index contributed by atoms with van der Waals surface area (Å²) in [6, 6.07) is 0. The fourth-order valence-corrected chi connectivity index (χ4v) is 5.15. The predicted octanol–water partition coefficient (Wildman–Crippen LogP) is 1.98. The Morgan fingerprint density at radius 1 is 0.652 bits per heavy atom. The SMILES string of the molecule is NCCOCCOCCOCCOC12CC3CC(CC(C3)C1)C2. The summed E-state index contributed by atoms with van der Waals surface area (Å²) in [5.41, 5.74) is 5.54. The molecule has 0 aliphatic heterocycles. The van der Waals surface area contributed by atoms with Crippen LogP contribution in [0.15, 0.2) is 0 Å². The lowest BCUT2D eigenvalue weighted by Gasteiger charge is -2.56. The summed E-state index contributed by atoms with van der Waals surface area (Å²) in [5, 5.41) is 0. The average molecular weight is 327 g/mol. The zero-order chi connectivity index (χ0) is 16.0. The van der Waals surface area contributed by atoms with Gasteiger partial charge in [-0.25, -0.2) is 0 Å². The average Bonchev–Trinajstić information content (AvgIpc) is 2.51. The number of ether oxygens (including phenoxy) is 4. The highest BCUT2D eigenvalue weighted by Gasteiger charge is 2.51. The van der Waals surface area contributed by atoms with Crippen LogP contribution in [0.1, 0.15) is 38.5 Å². The first-order valence-electron chi connectivity index (χ1n) is 9.37. The minimum atomic E-state index is 0.203. The summed E-state index contributed by atoms with van der Waals surface area (Å²) < 4.78 is 22.6. The Balaban J connectivity index is 1.19. The van der Waals surface area contributed by atoms with Crippen LogP contribution in [0.5, 0.6) is 0 Å². The summed E-state index contributed by atoms with van der Waals surface area (Å²) in [7, 11) is 0. The lowest BCUT2D eigenvalue weighted by Crippen LogP contribution is -2.52. The Morgan fingerprint density at radius 3 is 1.57 bits per heavy atom. The van der Waals surface area contributed by atoms with E-state index < -0.39 is 0 Å². The largest absolute Gasteiger partial charge is 0.378 e. The van der Waals surface area contributed by atoms with Crippen LogP contribution in [0.2, 0.25) is 0 Å². The van der Waals surface area contributed by atoms with Gasteiger partial charge in [-0.3, -0.25) is 0 Å². The monoisotopic (exact) mass is 327 g/mol. The van der Waals surface area contributed by atoms with Gasteiger partial charge in [-0.2, -0.15) is 0 Å². The van der Waals surface area contributed by atoms with Gasteiger partial charge in [-0.05, 0) is 56.3 Å². The molecule has 0 radical (unpaired) electrons. The Kier molecular flexibility index (Phi) is 6.72.